The van der Waals surface area contributed by atoms with Gasteiger partial charge in [0.1, 0.15) is 5.82 Å². The second-order valence-electron chi connectivity index (χ2n) is 2.66. The molecule has 2 nitrogen and oxygen atoms in total. The highest BCUT2D eigenvalue weighted by molar-refractivity contribution is 5.88. The minimum atomic E-state index is -0.407. The van der Waals surface area contributed by atoms with Gasteiger partial charge in [0.05, 0.1) is 5.69 Å². The van der Waals surface area contributed by atoms with Gasteiger partial charge in [-0.25, -0.2) is 4.39 Å². The molecule has 0 aliphatic heterocycles. The van der Waals surface area contributed by atoms with Crippen LogP contribution >= 0.6 is 0 Å². The van der Waals surface area contributed by atoms with Crippen LogP contribution in [0.15, 0.2) is 18.2 Å². The van der Waals surface area contributed by atoms with Crippen molar-refractivity contribution in [1.29, 1.82) is 0 Å². The molecule has 0 bridgehead atoms. The molecule has 78 valence electrons. The summed E-state index contributed by atoms with van der Waals surface area (Å²) in [6.45, 7) is 7.19. The second kappa shape index (κ2) is 6.13. The molecular weight excluding hydrogens is 181 g/mol. The maximum atomic E-state index is 12.9. The van der Waals surface area contributed by atoms with Crippen LogP contribution in [0, 0.1) is 12.7 Å². The zero-order chi connectivity index (χ0) is 11.1. The Morgan fingerprint density at radius 1 is 1.36 bits per heavy atom. The second-order valence-corrected chi connectivity index (χ2v) is 2.66. The van der Waals surface area contributed by atoms with Gasteiger partial charge in [-0.05, 0) is 24.6 Å². The van der Waals surface area contributed by atoms with E-state index < -0.39 is 5.82 Å². The van der Waals surface area contributed by atoms with E-state index in [1.165, 1.54) is 13.0 Å². The van der Waals surface area contributed by atoms with Crippen LogP contribution in [0.25, 0.3) is 0 Å². The third-order valence-electron chi connectivity index (χ3n) is 1.43. The summed E-state index contributed by atoms with van der Waals surface area (Å²) in [6, 6.07) is 4.58. The maximum Gasteiger partial charge on any atom is 0.221 e. The van der Waals surface area contributed by atoms with Crippen molar-refractivity contribution in [3.05, 3.63) is 29.6 Å². The molecular formula is C11H16FNO. The number of carbonyl (C=O) groups is 1. The normalized spacial score (nSPS) is 8.64. The number of hydrogen-bond donors (Lipinski definition) is 1. The SMILES string of the molecule is CC.CC(=O)Nc1cc(C)ccc1F. The lowest BCUT2D eigenvalue weighted by Crippen LogP contribution is -2.07. The van der Waals surface area contributed by atoms with E-state index in [0.29, 0.717) is 0 Å². The van der Waals surface area contributed by atoms with Crippen LogP contribution in [0.3, 0.4) is 0 Å². The van der Waals surface area contributed by atoms with E-state index in [1.807, 2.05) is 20.8 Å². The Bertz CT molecular complexity index is 310. The topological polar surface area (TPSA) is 29.1 Å². The lowest BCUT2D eigenvalue weighted by molar-refractivity contribution is -0.114. The van der Waals surface area contributed by atoms with Crippen molar-refractivity contribution in [2.75, 3.05) is 5.32 Å². The fraction of sp³-hybridized carbons (Fsp3) is 0.364. The van der Waals surface area contributed by atoms with Crippen LogP contribution in [0.4, 0.5) is 10.1 Å². The van der Waals surface area contributed by atoms with E-state index in [9.17, 15) is 9.18 Å². The number of benzene rings is 1. The number of carbonyl (C=O) groups excluding carboxylic acids is 1. The van der Waals surface area contributed by atoms with Crippen LogP contribution in [-0.2, 0) is 4.79 Å². The summed E-state index contributed by atoms with van der Waals surface area (Å²) in [5.41, 5.74) is 1.16. The molecule has 0 heterocycles. The molecule has 0 unspecified atom stereocenters. The number of aryl methyl sites for hydroxylation is 1. The quantitative estimate of drug-likeness (QED) is 0.736. The van der Waals surface area contributed by atoms with Crippen molar-refractivity contribution in [3.63, 3.8) is 0 Å². The third-order valence-corrected chi connectivity index (χ3v) is 1.43. The zero-order valence-corrected chi connectivity index (χ0v) is 9.02. The predicted octanol–water partition coefficient (Wildman–Crippen LogP) is 3.12. The highest BCUT2D eigenvalue weighted by Crippen LogP contribution is 2.14. The van der Waals surface area contributed by atoms with Gasteiger partial charge in [-0.2, -0.15) is 0 Å². The van der Waals surface area contributed by atoms with Crippen molar-refractivity contribution < 1.29 is 9.18 Å². The van der Waals surface area contributed by atoms with Crippen LogP contribution < -0.4 is 5.32 Å². The largest absolute Gasteiger partial charge is 0.324 e. The van der Waals surface area contributed by atoms with Gasteiger partial charge in [-0.3, -0.25) is 4.79 Å². The monoisotopic (exact) mass is 197 g/mol. The Morgan fingerprint density at radius 3 is 2.43 bits per heavy atom. The standard InChI is InChI=1S/C9H10FNO.C2H6/c1-6-3-4-8(10)9(5-6)11-7(2)12;1-2/h3-5H,1-2H3,(H,11,12);1-2H3. The number of halogens is 1. The van der Waals surface area contributed by atoms with Gasteiger partial charge in [-0.1, -0.05) is 19.9 Å². The Labute approximate surface area is 84.1 Å². The van der Waals surface area contributed by atoms with E-state index >= 15 is 0 Å². The molecule has 0 aliphatic carbocycles. The number of amides is 1. The van der Waals surface area contributed by atoms with E-state index in [-0.39, 0.29) is 11.6 Å². The average Bonchev–Trinajstić information content (AvgIpc) is 2.14. The molecule has 1 N–H and O–H groups in total. The lowest BCUT2D eigenvalue weighted by Gasteiger charge is -2.03. The molecule has 0 saturated carbocycles. The molecule has 1 rings (SSSR count). The number of rotatable bonds is 1. The molecule has 0 radical (unpaired) electrons. The number of anilines is 1. The van der Waals surface area contributed by atoms with Gasteiger partial charge < -0.3 is 5.32 Å². The molecule has 0 aliphatic rings. The predicted molar refractivity (Wildman–Crippen MR) is 56.8 cm³/mol. The van der Waals surface area contributed by atoms with Crippen molar-refractivity contribution in [3.8, 4) is 0 Å². The first-order valence-electron chi connectivity index (χ1n) is 4.63. The highest BCUT2D eigenvalue weighted by Gasteiger charge is 2.02. The minimum absolute atomic E-state index is 0.238. The summed E-state index contributed by atoms with van der Waals surface area (Å²) in [5, 5.41) is 2.40. The van der Waals surface area contributed by atoms with Gasteiger partial charge in [-0.15, -0.1) is 0 Å². The van der Waals surface area contributed by atoms with Crippen LogP contribution in [-0.4, -0.2) is 5.91 Å². The zero-order valence-electron chi connectivity index (χ0n) is 9.02. The fourth-order valence-electron chi connectivity index (χ4n) is 0.925. The minimum Gasteiger partial charge on any atom is -0.324 e. The molecule has 1 amide bonds. The summed E-state index contributed by atoms with van der Waals surface area (Å²) < 4.78 is 12.9. The van der Waals surface area contributed by atoms with E-state index in [2.05, 4.69) is 5.32 Å². The van der Waals surface area contributed by atoms with Gasteiger partial charge in [0, 0.05) is 6.92 Å². The van der Waals surface area contributed by atoms with Crippen molar-refractivity contribution in [2.24, 2.45) is 0 Å². The van der Waals surface area contributed by atoms with Crippen molar-refractivity contribution in [2.45, 2.75) is 27.7 Å². The molecule has 0 fully saturated rings. The Hall–Kier alpha value is -1.38. The smallest absolute Gasteiger partial charge is 0.221 e. The fourth-order valence-corrected chi connectivity index (χ4v) is 0.925. The average molecular weight is 197 g/mol. The van der Waals surface area contributed by atoms with Crippen LogP contribution in [0.2, 0.25) is 0 Å². The summed E-state index contributed by atoms with van der Waals surface area (Å²) >= 11 is 0. The first-order chi connectivity index (χ1) is 6.59. The van der Waals surface area contributed by atoms with E-state index in [1.54, 1.807) is 12.1 Å². The van der Waals surface area contributed by atoms with Crippen molar-refractivity contribution >= 4 is 11.6 Å². The van der Waals surface area contributed by atoms with Gasteiger partial charge in [0.25, 0.3) is 0 Å². The van der Waals surface area contributed by atoms with E-state index in [4.69, 9.17) is 0 Å². The Kier molecular flexibility index (Phi) is 5.53. The van der Waals surface area contributed by atoms with Gasteiger partial charge in [0.15, 0.2) is 0 Å². The lowest BCUT2D eigenvalue weighted by atomic mass is 10.2. The van der Waals surface area contributed by atoms with Gasteiger partial charge in [0.2, 0.25) is 5.91 Å². The molecule has 0 atom stereocenters. The third kappa shape index (κ3) is 4.03. The van der Waals surface area contributed by atoms with Crippen LogP contribution in [0.5, 0.6) is 0 Å². The maximum absolute atomic E-state index is 12.9. The van der Waals surface area contributed by atoms with E-state index in [0.717, 1.165) is 5.56 Å². The molecule has 1 aromatic carbocycles. The Balaban J connectivity index is 0.000000791. The molecule has 1 aromatic rings. The van der Waals surface area contributed by atoms with Crippen LogP contribution in [0.1, 0.15) is 26.3 Å². The molecule has 0 spiro atoms. The molecule has 3 heteroatoms. The molecule has 0 saturated heterocycles. The van der Waals surface area contributed by atoms with Crippen molar-refractivity contribution in [1.82, 2.24) is 0 Å². The molecule has 0 aromatic heterocycles. The summed E-state index contributed by atoms with van der Waals surface area (Å²) in [4.78, 5) is 10.6. The number of nitrogens with one attached hydrogen (secondary N) is 1. The summed E-state index contributed by atoms with van der Waals surface area (Å²) in [7, 11) is 0. The molecule has 14 heavy (non-hydrogen) atoms. The summed E-state index contributed by atoms with van der Waals surface area (Å²) in [5.74, 6) is -0.671. The summed E-state index contributed by atoms with van der Waals surface area (Å²) in [6.07, 6.45) is 0. The first kappa shape index (κ1) is 12.6. The van der Waals surface area contributed by atoms with Gasteiger partial charge >= 0.3 is 0 Å². The highest BCUT2D eigenvalue weighted by atomic mass is 19.1. The number of hydrogen-bond acceptors (Lipinski definition) is 1. The Morgan fingerprint density at radius 2 is 1.93 bits per heavy atom. The first-order valence-corrected chi connectivity index (χ1v) is 4.63.